The van der Waals surface area contributed by atoms with Gasteiger partial charge < -0.3 is 19.2 Å². The van der Waals surface area contributed by atoms with Gasteiger partial charge in [-0.1, -0.05) is 19.1 Å². The highest BCUT2D eigenvalue weighted by Crippen LogP contribution is 2.35. The number of hydrogen-bond donors (Lipinski definition) is 1. The van der Waals surface area contributed by atoms with E-state index < -0.39 is 0 Å². The van der Waals surface area contributed by atoms with E-state index in [1.54, 1.807) is 0 Å². The number of ether oxygens (including phenoxy) is 2. The van der Waals surface area contributed by atoms with E-state index >= 15 is 0 Å². The van der Waals surface area contributed by atoms with Crippen LogP contribution in [-0.2, 0) is 19.5 Å². The lowest BCUT2D eigenvalue weighted by Gasteiger charge is -2.06. The molecule has 100 valence electrons. The van der Waals surface area contributed by atoms with Gasteiger partial charge in [-0.25, -0.2) is 0 Å². The fourth-order valence-electron chi connectivity index (χ4n) is 2.16. The van der Waals surface area contributed by atoms with Crippen molar-refractivity contribution in [1.29, 1.82) is 0 Å². The standard InChI is InChI=1S/C15H17NO3/c1-2-12-6-7-13(19-12)9-16-8-11-4-3-5-14-15(11)18-10-17-14/h3-7,16H,2,8-10H2,1H3. The van der Waals surface area contributed by atoms with E-state index in [0.29, 0.717) is 13.3 Å². The summed E-state index contributed by atoms with van der Waals surface area (Å²) in [6.45, 7) is 3.84. The summed E-state index contributed by atoms with van der Waals surface area (Å²) in [5, 5.41) is 3.36. The second-order valence-electron chi connectivity index (χ2n) is 4.48. The van der Waals surface area contributed by atoms with Crippen molar-refractivity contribution in [2.75, 3.05) is 6.79 Å². The molecule has 4 heteroatoms. The molecular weight excluding hydrogens is 242 g/mol. The Bertz CT molecular complexity index is 562. The zero-order valence-electron chi connectivity index (χ0n) is 10.9. The number of para-hydroxylation sites is 1. The van der Waals surface area contributed by atoms with Gasteiger partial charge in [0.25, 0.3) is 0 Å². The van der Waals surface area contributed by atoms with Crippen LogP contribution in [-0.4, -0.2) is 6.79 Å². The molecule has 0 spiro atoms. The second-order valence-corrected chi connectivity index (χ2v) is 4.48. The first kappa shape index (κ1) is 12.1. The van der Waals surface area contributed by atoms with E-state index in [4.69, 9.17) is 13.9 Å². The molecule has 1 aliphatic heterocycles. The largest absolute Gasteiger partial charge is 0.465 e. The maximum absolute atomic E-state index is 5.64. The summed E-state index contributed by atoms with van der Waals surface area (Å²) in [5.41, 5.74) is 1.11. The van der Waals surface area contributed by atoms with Gasteiger partial charge in [0.1, 0.15) is 11.5 Å². The van der Waals surface area contributed by atoms with Crippen molar-refractivity contribution in [1.82, 2.24) is 5.32 Å². The van der Waals surface area contributed by atoms with Crippen LogP contribution in [0.5, 0.6) is 11.5 Å². The Kier molecular flexibility index (Phi) is 3.42. The Hall–Kier alpha value is -1.94. The first-order chi connectivity index (χ1) is 9.36. The summed E-state index contributed by atoms with van der Waals surface area (Å²) in [6, 6.07) is 9.98. The van der Waals surface area contributed by atoms with Crippen molar-refractivity contribution < 1.29 is 13.9 Å². The number of rotatable bonds is 5. The molecule has 0 saturated carbocycles. The fraction of sp³-hybridized carbons (Fsp3) is 0.333. The molecule has 1 aromatic carbocycles. The third-order valence-electron chi connectivity index (χ3n) is 3.16. The minimum Gasteiger partial charge on any atom is -0.465 e. The molecule has 0 aliphatic carbocycles. The lowest BCUT2D eigenvalue weighted by molar-refractivity contribution is 0.173. The SMILES string of the molecule is CCc1ccc(CNCc2cccc3c2OCO3)o1. The van der Waals surface area contributed by atoms with Gasteiger partial charge in [0.2, 0.25) is 6.79 Å². The van der Waals surface area contributed by atoms with Crippen LogP contribution in [0.3, 0.4) is 0 Å². The molecule has 4 nitrogen and oxygen atoms in total. The third kappa shape index (κ3) is 2.58. The number of hydrogen-bond acceptors (Lipinski definition) is 4. The lowest BCUT2D eigenvalue weighted by Crippen LogP contribution is -2.12. The molecule has 0 bridgehead atoms. The molecule has 0 radical (unpaired) electrons. The molecule has 0 atom stereocenters. The van der Waals surface area contributed by atoms with Gasteiger partial charge in [-0.2, -0.15) is 0 Å². The predicted octanol–water partition coefficient (Wildman–Crippen LogP) is 2.86. The van der Waals surface area contributed by atoms with Crippen LogP contribution in [0.2, 0.25) is 0 Å². The molecule has 0 unspecified atom stereocenters. The van der Waals surface area contributed by atoms with Crippen molar-refractivity contribution in [2.24, 2.45) is 0 Å². The number of aryl methyl sites for hydroxylation is 1. The molecule has 0 fully saturated rings. The maximum atomic E-state index is 5.64. The van der Waals surface area contributed by atoms with Crippen LogP contribution < -0.4 is 14.8 Å². The van der Waals surface area contributed by atoms with Crippen LogP contribution in [0.1, 0.15) is 24.0 Å². The highest BCUT2D eigenvalue weighted by atomic mass is 16.7. The van der Waals surface area contributed by atoms with Crippen LogP contribution in [0.15, 0.2) is 34.7 Å². The minimum absolute atomic E-state index is 0.310. The van der Waals surface area contributed by atoms with Gasteiger partial charge in [0.05, 0.1) is 6.54 Å². The van der Waals surface area contributed by atoms with Gasteiger partial charge in [0, 0.05) is 18.5 Å². The lowest BCUT2D eigenvalue weighted by atomic mass is 10.2. The van der Waals surface area contributed by atoms with E-state index in [-0.39, 0.29) is 0 Å². The smallest absolute Gasteiger partial charge is 0.231 e. The molecule has 2 aromatic rings. The number of furan rings is 1. The van der Waals surface area contributed by atoms with Crippen LogP contribution in [0.25, 0.3) is 0 Å². The van der Waals surface area contributed by atoms with E-state index in [1.807, 2.05) is 30.3 Å². The normalized spacial score (nSPS) is 12.9. The molecule has 0 amide bonds. The highest BCUT2D eigenvalue weighted by Gasteiger charge is 2.16. The van der Waals surface area contributed by atoms with Gasteiger partial charge in [0.15, 0.2) is 11.5 Å². The Balaban J connectivity index is 1.59. The zero-order valence-corrected chi connectivity index (χ0v) is 10.9. The number of benzene rings is 1. The van der Waals surface area contributed by atoms with Crippen molar-refractivity contribution in [3.05, 3.63) is 47.4 Å². The van der Waals surface area contributed by atoms with Gasteiger partial charge in [-0.05, 0) is 18.2 Å². The van der Waals surface area contributed by atoms with E-state index in [1.165, 1.54) is 0 Å². The van der Waals surface area contributed by atoms with Crippen LogP contribution in [0, 0.1) is 0 Å². The summed E-state index contributed by atoms with van der Waals surface area (Å²) < 4.78 is 16.5. The third-order valence-corrected chi connectivity index (χ3v) is 3.16. The zero-order chi connectivity index (χ0) is 13.1. The average Bonchev–Trinajstić information content (AvgIpc) is 3.07. The average molecular weight is 259 g/mol. The Morgan fingerprint density at radius 1 is 1.05 bits per heavy atom. The molecule has 19 heavy (non-hydrogen) atoms. The molecule has 2 heterocycles. The number of nitrogens with one attached hydrogen (secondary N) is 1. The van der Waals surface area contributed by atoms with E-state index in [0.717, 1.165) is 41.5 Å². The van der Waals surface area contributed by atoms with Gasteiger partial charge >= 0.3 is 0 Å². The highest BCUT2D eigenvalue weighted by molar-refractivity contribution is 5.48. The van der Waals surface area contributed by atoms with Crippen molar-refractivity contribution in [3.8, 4) is 11.5 Å². The topological polar surface area (TPSA) is 43.6 Å². The van der Waals surface area contributed by atoms with E-state index in [2.05, 4.69) is 12.2 Å². The Morgan fingerprint density at radius 3 is 2.79 bits per heavy atom. The fourth-order valence-corrected chi connectivity index (χ4v) is 2.16. The van der Waals surface area contributed by atoms with E-state index in [9.17, 15) is 0 Å². The summed E-state index contributed by atoms with van der Waals surface area (Å²) >= 11 is 0. The molecule has 1 aliphatic rings. The molecule has 1 N–H and O–H groups in total. The number of fused-ring (bicyclic) bond motifs is 1. The predicted molar refractivity (Wildman–Crippen MR) is 71.2 cm³/mol. The first-order valence-electron chi connectivity index (χ1n) is 6.52. The molecule has 1 aromatic heterocycles. The maximum Gasteiger partial charge on any atom is 0.231 e. The molecule has 0 saturated heterocycles. The minimum atomic E-state index is 0.310. The van der Waals surface area contributed by atoms with Crippen molar-refractivity contribution in [2.45, 2.75) is 26.4 Å². The monoisotopic (exact) mass is 259 g/mol. The Morgan fingerprint density at radius 2 is 1.95 bits per heavy atom. The summed E-state index contributed by atoms with van der Waals surface area (Å²) in [6.07, 6.45) is 0.928. The molecule has 3 rings (SSSR count). The Labute approximate surface area is 112 Å². The van der Waals surface area contributed by atoms with Crippen LogP contribution in [0.4, 0.5) is 0 Å². The van der Waals surface area contributed by atoms with Crippen LogP contribution >= 0.6 is 0 Å². The van der Waals surface area contributed by atoms with Gasteiger partial charge in [-0.15, -0.1) is 0 Å². The second kappa shape index (κ2) is 5.36. The first-order valence-corrected chi connectivity index (χ1v) is 6.52. The summed E-state index contributed by atoms with van der Waals surface area (Å²) in [4.78, 5) is 0. The van der Waals surface area contributed by atoms with Gasteiger partial charge in [-0.3, -0.25) is 0 Å². The van der Waals surface area contributed by atoms with Crippen molar-refractivity contribution >= 4 is 0 Å². The quantitative estimate of drug-likeness (QED) is 0.896. The van der Waals surface area contributed by atoms with Crippen molar-refractivity contribution in [3.63, 3.8) is 0 Å². The summed E-state index contributed by atoms with van der Waals surface area (Å²) in [7, 11) is 0. The molecular formula is C15H17NO3. The summed E-state index contributed by atoms with van der Waals surface area (Å²) in [5.74, 6) is 3.66.